The number of aryl methyl sites for hydroxylation is 1. The van der Waals surface area contributed by atoms with Crippen molar-refractivity contribution in [1.82, 2.24) is 4.98 Å². The lowest BCUT2D eigenvalue weighted by Gasteiger charge is -2.13. The number of nitrogens with zero attached hydrogens (tertiary/aromatic N) is 1. The molecule has 0 radical (unpaired) electrons. The second kappa shape index (κ2) is 5.64. The van der Waals surface area contributed by atoms with E-state index < -0.39 is 0 Å². The van der Waals surface area contributed by atoms with Crippen LogP contribution >= 0.6 is 0 Å². The first-order chi connectivity index (χ1) is 10.9. The Balaban J connectivity index is 1.78. The first kappa shape index (κ1) is 13.1. The predicted octanol–water partition coefficient (Wildman–Crippen LogP) is 4.98. The molecule has 1 aliphatic carbocycles. The molecule has 22 heavy (non-hydrogen) atoms. The van der Waals surface area contributed by atoms with Gasteiger partial charge in [-0.1, -0.05) is 48.5 Å². The number of nitrogens with one attached hydrogen (secondary N) is 1. The number of anilines is 2. The molecule has 1 aromatic heterocycles. The van der Waals surface area contributed by atoms with Crippen LogP contribution in [0.3, 0.4) is 0 Å². The zero-order valence-corrected chi connectivity index (χ0v) is 12.4. The van der Waals surface area contributed by atoms with Crippen LogP contribution in [-0.2, 0) is 12.8 Å². The molecule has 1 heterocycles. The molecule has 4 rings (SSSR count). The molecule has 0 spiro atoms. The summed E-state index contributed by atoms with van der Waals surface area (Å²) in [7, 11) is 0. The fourth-order valence-corrected chi connectivity index (χ4v) is 3.10. The van der Waals surface area contributed by atoms with E-state index in [0.717, 1.165) is 30.0 Å². The highest BCUT2D eigenvalue weighted by atomic mass is 15.0. The summed E-state index contributed by atoms with van der Waals surface area (Å²) >= 11 is 0. The lowest BCUT2D eigenvalue weighted by Crippen LogP contribution is -2.00. The van der Waals surface area contributed by atoms with Crippen molar-refractivity contribution in [2.45, 2.75) is 19.3 Å². The van der Waals surface area contributed by atoms with Gasteiger partial charge in [-0.25, -0.2) is 4.98 Å². The summed E-state index contributed by atoms with van der Waals surface area (Å²) in [4.78, 5) is 4.90. The third-order valence-corrected chi connectivity index (χ3v) is 4.20. The topological polar surface area (TPSA) is 24.9 Å². The Hall–Kier alpha value is -2.61. The van der Waals surface area contributed by atoms with Crippen molar-refractivity contribution in [3.8, 4) is 11.3 Å². The zero-order chi connectivity index (χ0) is 14.8. The molecule has 0 atom stereocenters. The Morgan fingerprint density at radius 3 is 2.32 bits per heavy atom. The minimum Gasteiger partial charge on any atom is -0.340 e. The number of benzene rings is 2. The zero-order valence-electron chi connectivity index (χ0n) is 12.4. The SMILES string of the molecule is c1ccc(Nc2nc(-c3ccccc3)cc3c2CCC3)cc1. The monoisotopic (exact) mass is 286 g/mol. The normalized spacial score (nSPS) is 12.9. The van der Waals surface area contributed by atoms with Gasteiger partial charge in [-0.15, -0.1) is 0 Å². The van der Waals surface area contributed by atoms with Crippen LogP contribution in [0.15, 0.2) is 66.7 Å². The molecule has 1 aliphatic rings. The molecule has 0 bridgehead atoms. The quantitative estimate of drug-likeness (QED) is 0.734. The Bertz CT molecular complexity index is 780. The minimum atomic E-state index is 1.01. The van der Waals surface area contributed by atoms with Crippen LogP contribution in [0.4, 0.5) is 11.5 Å². The van der Waals surface area contributed by atoms with E-state index >= 15 is 0 Å². The minimum absolute atomic E-state index is 1.01. The second-order valence-electron chi connectivity index (χ2n) is 5.70. The van der Waals surface area contributed by atoms with Gasteiger partial charge >= 0.3 is 0 Å². The molecule has 2 aromatic carbocycles. The molecule has 0 fully saturated rings. The van der Waals surface area contributed by atoms with Gasteiger partial charge in [0.2, 0.25) is 0 Å². The van der Waals surface area contributed by atoms with Gasteiger partial charge < -0.3 is 5.32 Å². The van der Waals surface area contributed by atoms with Gasteiger partial charge in [0.15, 0.2) is 0 Å². The van der Waals surface area contributed by atoms with Crippen LogP contribution in [0, 0.1) is 0 Å². The highest BCUT2D eigenvalue weighted by Gasteiger charge is 2.18. The van der Waals surface area contributed by atoms with Crippen LogP contribution in [0.5, 0.6) is 0 Å². The molecule has 1 N–H and O–H groups in total. The van der Waals surface area contributed by atoms with E-state index in [4.69, 9.17) is 4.98 Å². The van der Waals surface area contributed by atoms with E-state index in [-0.39, 0.29) is 0 Å². The highest BCUT2D eigenvalue weighted by molar-refractivity contribution is 5.69. The van der Waals surface area contributed by atoms with E-state index in [9.17, 15) is 0 Å². The van der Waals surface area contributed by atoms with Crippen molar-refractivity contribution in [1.29, 1.82) is 0 Å². The molecule has 2 heteroatoms. The van der Waals surface area contributed by atoms with Crippen molar-refractivity contribution in [2.24, 2.45) is 0 Å². The number of pyridine rings is 1. The van der Waals surface area contributed by atoms with Crippen LogP contribution in [0.2, 0.25) is 0 Å². The van der Waals surface area contributed by atoms with Crippen molar-refractivity contribution in [2.75, 3.05) is 5.32 Å². The summed E-state index contributed by atoms with van der Waals surface area (Å²) in [6, 6.07) is 23.0. The molecule has 0 aliphatic heterocycles. The van der Waals surface area contributed by atoms with Gasteiger partial charge in [0.05, 0.1) is 5.69 Å². The summed E-state index contributed by atoms with van der Waals surface area (Å²) in [5.41, 5.74) is 6.14. The van der Waals surface area contributed by atoms with Gasteiger partial charge in [0.25, 0.3) is 0 Å². The van der Waals surface area contributed by atoms with Gasteiger partial charge in [-0.2, -0.15) is 0 Å². The van der Waals surface area contributed by atoms with E-state index in [1.165, 1.54) is 23.1 Å². The Morgan fingerprint density at radius 1 is 0.818 bits per heavy atom. The molecule has 0 saturated carbocycles. The highest BCUT2D eigenvalue weighted by Crippen LogP contribution is 2.33. The van der Waals surface area contributed by atoms with Gasteiger partial charge in [0.1, 0.15) is 5.82 Å². The van der Waals surface area contributed by atoms with Crippen molar-refractivity contribution in [3.05, 3.63) is 77.9 Å². The van der Waals surface area contributed by atoms with Crippen LogP contribution in [-0.4, -0.2) is 4.98 Å². The fraction of sp³-hybridized carbons (Fsp3) is 0.150. The van der Waals surface area contributed by atoms with Crippen molar-refractivity contribution >= 4 is 11.5 Å². The Kier molecular flexibility index (Phi) is 3.36. The van der Waals surface area contributed by atoms with E-state index in [1.807, 2.05) is 24.3 Å². The average Bonchev–Trinajstić information content (AvgIpc) is 3.05. The third kappa shape index (κ3) is 2.48. The smallest absolute Gasteiger partial charge is 0.134 e. The van der Waals surface area contributed by atoms with E-state index in [1.54, 1.807) is 0 Å². The average molecular weight is 286 g/mol. The molecular weight excluding hydrogens is 268 g/mol. The van der Waals surface area contributed by atoms with Crippen LogP contribution in [0.1, 0.15) is 17.5 Å². The molecule has 2 nitrogen and oxygen atoms in total. The van der Waals surface area contributed by atoms with Crippen molar-refractivity contribution < 1.29 is 0 Å². The second-order valence-corrected chi connectivity index (χ2v) is 5.70. The summed E-state index contributed by atoms with van der Waals surface area (Å²) in [6.07, 6.45) is 3.49. The molecule has 0 unspecified atom stereocenters. The summed E-state index contributed by atoms with van der Waals surface area (Å²) in [5.74, 6) is 1.01. The number of hydrogen-bond donors (Lipinski definition) is 1. The van der Waals surface area contributed by atoms with Gasteiger partial charge in [0, 0.05) is 11.3 Å². The third-order valence-electron chi connectivity index (χ3n) is 4.20. The first-order valence-corrected chi connectivity index (χ1v) is 7.80. The number of hydrogen-bond acceptors (Lipinski definition) is 2. The predicted molar refractivity (Wildman–Crippen MR) is 91.4 cm³/mol. The fourth-order valence-electron chi connectivity index (χ4n) is 3.10. The Morgan fingerprint density at radius 2 is 1.55 bits per heavy atom. The van der Waals surface area contributed by atoms with E-state index in [2.05, 4.69) is 47.8 Å². The number of rotatable bonds is 3. The molecular formula is C20H18N2. The van der Waals surface area contributed by atoms with E-state index in [0.29, 0.717) is 0 Å². The summed E-state index contributed by atoms with van der Waals surface area (Å²) in [5, 5.41) is 3.50. The van der Waals surface area contributed by atoms with Crippen molar-refractivity contribution in [3.63, 3.8) is 0 Å². The number of fused-ring (bicyclic) bond motifs is 1. The van der Waals surface area contributed by atoms with Gasteiger partial charge in [-0.3, -0.25) is 0 Å². The van der Waals surface area contributed by atoms with Gasteiger partial charge in [-0.05, 0) is 48.6 Å². The van der Waals surface area contributed by atoms with Crippen LogP contribution < -0.4 is 5.32 Å². The largest absolute Gasteiger partial charge is 0.340 e. The lowest BCUT2D eigenvalue weighted by atomic mass is 10.1. The summed E-state index contributed by atoms with van der Waals surface area (Å²) < 4.78 is 0. The molecule has 108 valence electrons. The number of aromatic nitrogens is 1. The molecule has 0 saturated heterocycles. The first-order valence-electron chi connectivity index (χ1n) is 7.80. The molecule has 3 aromatic rings. The maximum Gasteiger partial charge on any atom is 0.134 e. The summed E-state index contributed by atoms with van der Waals surface area (Å²) in [6.45, 7) is 0. The maximum absolute atomic E-state index is 4.90. The lowest BCUT2D eigenvalue weighted by molar-refractivity contribution is 0.911. The maximum atomic E-state index is 4.90. The van der Waals surface area contributed by atoms with Crippen LogP contribution in [0.25, 0.3) is 11.3 Å². The molecule has 0 amide bonds. The number of para-hydroxylation sites is 1. The Labute approximate surface area is 130 Å². The standard InChI is InChI=1S/C20H18N2/c1-3-8-15(9-4-1)19-14-16-10-7-13-18(16)20(22-19)21-17-11-5-2-6-12-17/h1-6,8-9,11-12,14H,7,10,13H2,(H,21,22).